The van der Waals surface area contributed by atoms with Crippen LogP contribution in [0.2, 0.25) is 0 Å². The van der Waals surface area contributed by atoms with Gasteiger partial charge in [0.05, 0.1) is 23.3 Å². The Morgan fingerprint density at radius 3 is 2.56 bits per heavy atom. The van der Waals surface area contributed by atoms with Gasteiger partial charge in [0.15, 0.2) is 0 Å². The van der Waals surface area contributed by atoms with Gasteiger partial charge in [-0.25, -0.2) is 13.8 Å². The number of alkyl halides is 2. The normalized spacial score (nSPS) is 23.0. The number of piperazine rings is 1. The number of thiazole rings is 1. The van der Waals surface area contributed by atoms with Gasteiger partial charge in [-0.1, -0.05) is 6.92 Å². The molecule has 0 bridgehead atoms. The molecule has 3 rings (SSSR count). The van der Waals surface area contributed by atoms with E-state index in [1.165, 1.54) is 0 Å². The first kappa shape index (κ1) is 22.5. The van der Waals surface area contributed by atoms with Crippen molar-refractivity contribution in [3.63, 3.8) is 0 Å². The summed E-state index contributed by atoms with van der Waals surface area (Å²) in [5.74, 6) is -2.95. The van der Waals surface area contributed by atoms with Crippen molar-refractivity contribution >= 4 is 42.1 Å². The molecule has 0 aromatic carbocycles. The Labute approximate surface area is 163 Å². The molecule has 10 heteroatoms. The molecular weight excluding hydrogens is 393 g/mol. The van der Waals surface area contributed by atoms with Crippen LogP contribution in [0.4, 0.5) is 8.78 Å². The number of rotatable bonds is 4. The molecule has 1 aromatic heterocycles. The smallest absolute Gasteiger partial charge is 0.262 e. The van der Waals surface area contributed by atoms with Gasteiger partial charge in [-0.15, -0.1) is 36.2 Å². The molecule has 2 aliphatic rings. The standard InChI is InChI=1S/C15H22F2N4OS.2ClH/c1-2-13-19-11(9-23-13)8-20-3-5-21(6-4-20)14(22)12-7-15(16,17)10-18-12;;/h9,12,18H,2-8,10H2,1H3;2*1H. The zero-order chi connectivity index (χ0) is 16.4. The number of aromatic nitrogens is 1. The second-order valence-corrected chi connectivity index (χ2v) is 7.12. The van der Waals surface area contributed by atoms with Crippen molar-refractivity contribution in [3.05, 3.63) is 16.1 Å². The fourth-order valence-corrected chi connectivity index (χ4v) is 3.79. The molecule has 1 atom stereocenters. The van der Waals surface area contributed by atoms with Gasteiger partial charge in [0.1, 0.15) is 0 Å². The van der Waals surface area contributed by atoms with Gasteiger partial charge in [-0.2, -0.15) is 0 Å². The van der Waals surface area contributed by atoms with Crippen molar-refractivity contribution in [2.24, 2.45) is 0 Å². The van der Waals surface area contributed by atoms with Crippen LogP contribution in [0.25, 0.3) is 0 Å². The number of aryl methyl sites for hydroxylation is 1. The number of carbonyl (C=O) groups is 1. The maximum absolute atomic E-state index is 13.2. The van der Waals surface area contributed by atoms with Crippen LogP contribution in [0.5, 0.6) is 0 Å². The lowest BCUT2D eigenvalue weighted by atomic mass is 10.1. The average molecular weight is 417 g/mol. The van der Waals surface area contributed by atoms with E-state index in [-0.39, 0.29) is 37.1 Å². The molecule has 1 N–H and O–H groups in total. The van der Waals surface area contributed by atoms with Crippen LogP contribution in [0, 0.1) is 0 Å². The number of nitrogens with one attached hydrogen (secondary N) is 1. The van der Waals surface area contributed by atoms with Gasteiger partial charge in [0.2, 0.25) is 5.91 Å². The lowest BCUT2D eigenvalue weighted by Gasteiger charge is -2.35. The lowest BCUT2D eigenvalue weighted by Crippen LogP contribution is -2.52. The summed E-state index contributed by atoms with van der Waals surface area (Å²) in [5.41, 5.74) is 1.07. The summed E-state index contributed by atoms with van der Waals surface area (Å²) >= 11 is 1.68. The predicted molar refractivity (Wildman–Crippen MR) is 99.2 cm³/mol. The minimum Gasteiger partial charge on any atom is -0.339 e. The number of nitrogens with zero attached hydrogens (tertiary/aromatic N) is 3. The molecule has 1 amide bonds. The van der Waals surface area contributed by atoms with Crippen LogP contribution >= 0.6 is 36.2 Å². The zero-order valence-corrected chi connectivity index (χ0v) is 16.5. The van der Waals surface area contributed by atoms with Crippen LogP contribution in [-0.2, 0) is 17.8 Å². The highest BCUT2D eigenvalue weighted by atomic mass is 35.5. The van der Waals surface area contributed by atoms with Gasteiger partial charge >= 0.3 is 0 Å². The number of amides is 1. The summed E-state index contributed by atoms with van der Waals surface area (Å²) < 4.78 is 26.4. The Morgan fingerprint density at radius 1 is 1.36 bits per heavy atom. The molecule has 25 heavy (non-hydrogen) atoms. The topological polar surface area (TPSA) is 48.5 Å². The molecule has 144 valence electrons. The molecule has 1 aromatic rings. The fraction of sp³-hybridized carbons (Fsp3) is 0.733. The molecule has 0 radical (unpaired) electrons. The summed E-state index contributed by atoms with van der Waals surface area (Å²) in [6, 6.07) is -0.734. The SMILES string of the molecule is CCc1nc(CN2CCN(C(=O)C3CC(F)(F)CN3)CC2)cs1.Cl.Cl. The molecule has 1 unspecified atom stereocenters. The first-order valence-corrected chi connectivity index (χ1v) is 8.90. The van der Waals surface area contributed by atoms with Crippen molar-refractivity contribution in [1.29, 1.82) is 0 Å². The third-order valence-corrected chi connectivity index (χ3v) is 5.42. The van der Waals surface area contributed by atoms with Crippen LogP contribution in [-0.4, -0.2) is 65.4 Å². The monoisotopic (exact) mass is 416 g/mol. The van der Waals surface area contributed by atoms with Gasteiger partial charge in [-0.3, -0.25) is 15.0 Å². The van der Waals surface area contributed by atoms with Crippen LogP contribution in [0.15, 0.2) is 5.38 Å². The first-order chi connectivity index (χ1) is 11.0. The maximum Gasteiger partial charge on any atom is 0.262 e. The van der Waals surface area contributed by atoms with Crippen molar-refractivity contribution < 1.29 is 13.6 Å². The summed E-state index contributed by atoms with van der Waals surface area (Å²) in [7, 11) is 0. The average Bonchev–Trinajstić information content (AvgIpc) is 3.13. The Bertz CT molecular complexity index is 567. The van der Waals surface area contributed by atoms with E-state index in [9.17, 15) is 13.6 Å². The number of hydrogen-bond donors (Lipinski definition) is 1. The van der Waals surface area contributed by atoms with Crippen molar-refractivity contribution in [3.8, 4) is 0 Å². The lowest BCUT2D eigenvalue weighted by molar-refractivity contribution is -0.135. The Kier molecular flexibility index (Phi) is 8.47. The van der Waals surface area contributed by atoms with E-state index in [0.717, 1.165) is 36.8 Å². The third-order valence-electron chi connectivity index (χ3n) is 4.38. The summed E-state index contributed by atoms with van der Waals surface area (Å²) in [5, 5.41) is 5.87. The molecule has 2 saturated heterocycles. The molecule has 0 aliphatic carbocycles. The predicted octanol–water partition coefficient (Wildman–Crippen LogP) is 2.19. The quantitative estimate of drug-likeness (QED) is 0.816. The molecule has 3 heterocycles. The molecule has 2 fully saturated rings. The molecular formula is C15H24Cl2F2N4OS. The van der Waals surface area contributed by atoms with Crippen LogP contribution in [0.3, 0.4) is 0 Å². The van der Waals surface area contributed by atoms with Crippen molar-refractivity contribution in [2.45, 2.75) is 38.3 Å². The number of hydrogen-bond acceptors (Lipinski definition) is 5. The van der Waals surface area contributed by atoms with Gasteiger partial charge in [-0.05, 0) is 6.42 Å². The first-order valence-electron chi connectivity index (χ1n) is 8.02. The van der Waals surface area contributed by atoms with Crippen molar-refractivity contribution in [2.75, 3.05) is 32.7 Å². The second-order valence-electron chi connectivity index (χ2n) is 6.18. The molecule has 0 spiro atoms. The van der Waals surface area contributed by atoms with E-state index in [0.29, 0.717) is 13.1 Å². The minimum absolute atomic E-state index is 0. The van der Waals surface area contributed by atoms with Crippen molar-refractivity contribution in [1.82, 2.24) is 20.1 Å². The number of halogens is 4. The van der Waals surface area contributed by atoms with E-state index in [1.807, 2.05) is 0 Å². The van der Waals surface area contributed by atoms with E-state index in [4.69, 9.17) is 0 Å². The van der Waals surface area contributed by atoms with Crippen LogP contribution < -0.4 is 5.32 Å². The summed E-state index contributed by atoms with van der Waals surface area (Å²) in [4.78, 5) is 20.8. The van der Waals surface area contributed by atoms with Crippen LogP contribution in [0.1, 0.15) is 24.0 Å². The number of carbonyl (C=O) groups excluding carboxylic acids is 1. The Hall–Kier alpha value is -0.540. The summed E-state index contributed by atoms with van der Waals surface area (Å²) in [6.07, 6.45) is 0.566. The van der Waals surface area contributed by atoms with Gasteiger partial charge in [0.25, 0.3) is 5.92 Å². The highest BCUT2D eigenvalue weighted by Crippen LogP contribution is 2.26. The minimum atomic E-state index is -2.76. The van der Waals surface area contributed by atoms with E-state index >= 15 is 0 Å². The zero-order valence-electron chi connectivity index (χ0n) is 14.0. The fourth-order valence-electron chi connectivity index (χ4n) is 3.05. The Balaban J connectivity index is 0.00000156. The maximum atomic E-state index is 13.2. The van der Waals surface area contributed by atoms with Gasteiger partial charge in [0, 0.05) is 44.5 Å². The van der Waals surface area contributed by atoms with Gasteiger partial charge < -0.3 is 4.90 Å². The largest absolute Gasteiger partial charge is 0.339 e. The molecule has 2 aliphatic heterocycles. The van der Waals surface area contributed by atoms with E-state index < -0.39 is 18.5 Å². The highest BCUT2D eigenvalue weighted by molar-refractivity contribution is 7.09. The molecule has 5 nitrogen and oxygen atoms in total. The second kappa shape index (κ2) is 9.41. The molecule has 0 saturated carbocycles. The van der Waals surface area contributed by atoms with E-state index in [2.05, 4.69) is 27.5 Å². The summed E-state index contributed by atoms with van der Waals surface area (Å²) in [6.45, 7) is 5.18. The Morgan fingerprint density at radius 2 is 2.04 bits per heavy atom. The van der Waals surface area contributed by atoms with E-state index in [1.54, 1.807) is 16.2 Å². The highest BCUT2D eigenvalue weighted by Gasteiger charge is 2.43. The third kappa shape index (κ3) is 5.72.